The second kappa shape index (κ2) is 10.3. The van der Waals surface area contributed by atoms with E-state index in [-0.39, 0.29) is 42.7 Å². The van der Waals surface area contributed by atoms with Gasteiger partial charge in [-0.3, -0.25) is 19.3 Å². The molecule has 9 nitrogen and oxygen atoms in total. The molecule has 1 aromatic rings. The van der Waals surface area contributed by atoms with Crippen LogP contribution in [0.1, 0.15) is 55.3 Å². The lowest BCUT2D eigenvalue weighted by Gasteiger charge is -2.43. The van der Waals surface area contributed by atoms with Gasteiger partial charge in [0, 0.05) is 50.0 Å². The molecule has 0 spiro atoms. The highest BCUT2D eigenvalue weighted by molar-refractivity contribution is 5.99. The largest absolute Gasteiger partial charge is 0.369 e. The zero-order chi connectivity index (χ0) is 25.5. The third kappa shape index (κ3) is 4.77. The molecule has 200 valence electrons. The van der Waals surface area contributed by atoms with Crippen molar-refractivity contribution in [3.8, 4) is 0 Å². The highest BCUT2D eigenvalue weighted by Crippen LogP contribution is 2.33. The van der Waals surface area contributed by atoms with Crippen LogP contribution in [0.15, 0.2) is 24.3 Å². The Morgan fingerprint density at radius 1 is 0.973 bits per heavy atom. The van der Waals surface area contributed by atoms with Crippen LogP contribution < -0.4 is 16.0 Å². The van der Waals surface area contributed by atoms with Crippen LogP contribution in [0, 0.1) is 5.92 Å². The number of ether oxygens (including phenoxy) is 1. The number of rotatable bonds is 6. The number of hydrogen-bond donors (Lipinski definition) is 2. The van der Waals surface area contributed by atoms with E-state index in [0.29, 0.717) is 5.56 Å². The van der Waals surface area contributed by atoms with Crippen LogP contribution in [0.4, 0.5) is 5.69 Å². The van der Waals surface area contributed by atoms with Crippen molar-refractivity contribution in [3.63, 3.8) is 0 Å². The van der Waals surface area contributed by atoms with Crippen LogP contribution in [-0.2, 0) is 14.3 Å². The van der Waals surface area contributed by atoms with Gasteiger partial charge in [-0.15, -0.1) is 0 Å². The maximum Gasteiger partial charge on any atom is 0.251 e. The molecule has 2 amide bonds. The van der Waals surface area contributed by atoms with Crippen LogP contribution in [0.2, 0.25) is 0 Å². The van der Waals surface area contributed by atoms with Crippen molar-refractivity contribution < 1.29 is 19.1 Å². The Labute approximate surface area is 218 Å². The molecular formula is C28H39N5O4. The number of likely N-dealkylation sites (tertiary alicyclic amines) is 1. The van der Waals surface area contributed by atoms with Crippen molar-refractivity contribution in [2.45, 2.75) is 75.2 Å². The summed E-state index contributed by atoms with van der Waals surface area (Å²) in [5, 5.41) is 3.05. The highest BCUT2D eigenvalue weighted by atomic mass is 16.5. The minimum absolute atomic E-state index is 0.00472. The fourth-order valence-corrected chi connectivity index (χ4v) is 6.91. The normalized spacial score (nSPS) is 29.9. The van der Waals surface area contributed by atoms with Crippen molar-refractivity contribution in [1.82, 2.24) is 15.1 Å². The summed E-state index contributed by atoms with van der Waals surface area (Å²) < 4.78 is 5.56. The monoisotopic (exact) mass is 509 g/mol. The SMILES string of the molecule is N[C@H]1CN(C(=O)[C@@H](NC(=O)c2ccc(N3CCN(C4CCC4)CC3)cc2)C2CCCC2)[C@@H]2C(=O)CO[C@@H]21. The summed E-state index contributed by atoms with van der Waals surface area (Å²) in [5.74, 6) is -0.494. The number of piperazine rings is 1. The summed E-state index contributed by atoms with van der Waals surface area (Å²) in [7, 11) is 0. The van der Waals surface area contributed by atoms with Gasteiger partial charge >= 0.3 is 0 Å². The maximum atomic E-state index is 13.7. The van der Waals surface area contributed by atoms with Gasteiger partial charge in [0.05, 0.1) is 6.04 Å². The number of carbonyl (C=O) groups excluding carboxylic acids is 3. The molecule has 3 saturated heterocycles. The zero-order valence-electron chi connectivity index (χ0n) is 21.5. The first-order valence-electron chi connectivity index (χ1n) is 14.1. The number of fused-ring (bicyclic) bond motifs is 1. The average molecular weight is 510 g/mol. The first-order chi connectivity index (χ1) is 18.0. The van der Waals surface area contributed by atoms with Gasteiger partial charge in [0.25, 0.3) is 5.91 Å². The second-order valence-corrected chi connectivity index (χ2v) is 11.5. The number of nitrogens with zero attached hydrogens (tertiary/aromatic N) is 3. The Balaban J connectivity index is 1.12. The number of nitrogens with two attached hydrogens (primary N) is 1. The van der Waals surface area contributed by atoms with Gasteiger partial charge in [-0.2, -0.15) is 0 Å². The van der Waals surface area contributed by atoms with E-state index >= 15 is 0 Å². The lowest BCUT2D eigenvalue weighted by molar-refractivity contribution is -0.139. The fraction of sp³-hybridized carbons (Fsp3) is 0.679. The molecule has 0 aromatic heterocycles. The van der Waals surface area contributed by atoms with Crippen molar-refractivity contribution in [1.29, 1.82) is 0 Å². The minimum Gasteiger partial charge on any atom is -0.369 e. The third-order valence-electron chi connectivity index (χ3n) is 9.33. The Bertz CT molecular complexity index is 1010. The molecule has 3 N–H and O–H groups in total. The van der Waals surface area contributed by atoms with E-state index in [4.69, 9.17) is 10.5 Å². The Morgan fingerprint density at radius 2 is 1.68 bits per heavy atom. The molecule has 2 saturated carbocycles. The number of amides is 2. The molecule has 1 aromatic carbocycles. The number of carbonyl (C=O) groups is 3. The van der Waals surface area contributed by atoms with Gasteiger partial charge < -0.3 is 25.6 Å². The summed E-state index contributed by atoms with van der Waals surface area (Å²) >= 11 is 0. The van der Waals surface area contributed by atoms with Crippen LogP contribution >= 0.6 is 0 Å². The predicted octanol–water partition coefficient (Wildman–Crippen LogP) is 1.16. The molecule has 4 atom stereocenters. The Morgan fingerprint density at radius 3 is 2.32 bits per heavy atom. The van der Waals surface area contributed by atoms with Crippen LogP contribution in [-0.4, -0.2) is 97.0 Å². The fourth-order valence-electron chi connectivity index (χ4n) is 6.91. The minimum atomic E-state index is -0.659. The Kier molecular flexibility index (Phi) is 6.94. The van der Waals surface area contributed by atoms with Crippen molar-refractivity contribution >= 4 is 23.3 Å². The summed E-state index contributed by atoms with van der Waals surface area (Å²) in [4.78, 5) is 46.1. The topological polar surface area (TPSA) is 108 Å². The van der Waals surface area contributed by atoms with Gasteiger partial charge in [-0.05, 0) is 55.9 Å². The van der Waals surface area contributed by atoms with E-state index in [2.05, 4.69) is 15.1 Å². The molecule has 2 aliphatic carbocycles. The molecule has 0 bridgehead atoms. The molecule has 6 rings (SSSR count). The lowest BCUT2D eigenvalue weighted by Crippen LogP contribution is -2.54. The van der Waals surface area contributed by atoms with Crippen molar-refractivity contribution in [3.05, 3.63) is 29.8 Å². The molecule has 5 aliphatic rings. The number of nitrogens with one attached hydrogen (secondary N) is 1. The van der Waals surface area contributed by atoms with Crippen molar-refractivity contribution in [2.24, 2.45) is 11.7 Å². The third-order valence-corrected chi connectivity index (χ3v) is 9.33. The zero-order valence-corrected chi connectivity index (χ0v) is 21.5. The average Bonchev–Trinajstić information content (AvgIpc) is 3.62. The molecule has 37 heavy (non-hydrogen) atoms. The van der Waals surface area contributed by atoms with Gasteiger partial charge in [-0.25, -0.2) is 0 Å². The first kappa shape index (κ1) is 24.8. The number of Topliss-reactive ketones (excluding diaryl/α,β-unsaturated/α-hetero) is 1. The van der Waals surface area contributed by atoms with E-state index in [1.165, 1.54) is 19.3 Å². The van der Waals surface area contributed by atoms with Crippen LogP contribution in [0.3, 0.4) is 0 Å². The summed E-state index contributed by atoms with van der Waals surface area (Å²) in [5.41, 5.74) is 7.87. The number of ketones is 1. The van der Waals surface area contributed by atoms with E-state index < -0.39 is 18.2 Å². The van der Waals surface area contributed by atoms with E-state index in [1.54, 1.807) is 4.90 Å². The van der Waals surface area contributed by atoms with Gasteiger partial charge in [-0.1, -0.05) is 19.3 Å². The standard InChI is InChI=1S/C28H39N5O4/c29-22-16-33(25-23(34)17-37-26(22)25)28(36)24(18-4-1-2-5-18)30-27(35)19-8-10-21(11-9-19)32-14-12-31(13-15-32)20-6-3-7-20/h8-11,18,20,22,24-26H,1-7,12-17,29H2,(H,30,35)/t22-,24-,25+,26+/m0/s1. The summed E-state index contributed by atoms with van der Waals surface area (Å²) in [6.07, 6.45) is 7.46. The summed E-state index contributed by atoms with van der Waals surface area (Å²) in [6.45, 7) is 4.46. The van der Waals surface area contributed by atoms with Gasteiger partial charge in [0.15, 0.2) is 5.78 Å². The predicted molar refractivity (Wildman–Crippen MR) is 139 cm³/mol. The van der Waals surface area contributed by atoms with Crippen LogP contribution in [0.25, 0.3) is 0 Å². The lowest BCUT2D eigenvalue weighted by atomic mass is 9.91. The summed E-state index contributed by atoms with van der Waals surface area (Å²) in [6, 6.07) is 6.84. The maximum absolute atomic E-state index is 13.7. The smallest absolute Gasteiger partial charge is 0.251 e. The number of anilines is 1. The molecule has 0 radical (unpaired) electrons. The first-order valence-corrected chi connectivity index (χ1v) is 14.1. The molecular weight excluding hydrogens is 470 g/mol. The highest BCUT2D eigenvalue weighted by Gasteiger charge is 2.52. The number of benzene rings is 1. The van der Waals surface area contributed by atoms with Crippen molar-refractivity contribution in [2.75, 3.05) is 44.2 Å². The molecule has 0 unspecified atom stereocenters. The molecule has 5 fully saturated rings. The molecule has 3 heterocycles. The number of hydrogen-bond acceptors (Lipinski definition) is 7. The van der Waals surface area contributed by atoms with E-state index in [1.807, 2.05) is 24.3 Å². The quantitative estimate of drug-likeness (QED) is 0.592. The van der Waals surface area contributed by atoms with Gasteiger partial charge in [0.1, 0.15) is 24.8 Å². The van der Waals surface area contributed by atoms with E-state index in [0.717, 1.165) is 63.6 Å². The van der Waals surface area contributed by atoms with E-state index in [9.17, 15) is 14.4 Å². The molecule has 9 heteroatoms. The molecule has 3 aliphatic heterocycles. The second-order valence-electron chi connectivity index (χ2n) is 11.5. The van der Waals surface area contributed by atoms with Crippen LogP contribution in [0.5, 0.6) is 0 Å². The van der Waals surface area contributed by atoms with Gasteiger partial charge in [0.2, 0.25) is 5.91 Å². The Hall–Kier alpha value is -2.49.